The topological polar surface area (TPSA) is 59.3 Å². The fourth-order valence-electron chi connectivity index (χ4n) is 4.81. The summed E-state index contributed by atoms with van der Waals surface area (Å²) in [6, 6.07) is 23.1. The van der Waals surface area contributed by atoms with Crippen LogP contribution in [0.25, 0.3) is 0 Å². The van der Waals surface area contributed by atoms with Crippen molar-refractivity contribution >= 4 is 0 Å². The molecule has 2 aromatic rings. The van der Waals surface area contributed by atoms with Gasteiger partial charge in [0.1, 0.15) is 0 Å². The summed E-state index contributed by atoms with van der Waals surface area (Å²) in [5.41, 5.74) is 1.01. The summed E-state index contributed by atoms with van der Waals surface area (Å²) >= 11 is 0. The minimum atomic E-state index is -1.26. The molecule has 4 heteroatoms. The van der Waals surface area contributed by atoms with Crippen molar-refractivity contribution in [2.45, 2.75) is 30.5 Å². The second-order valence-electron chi connectivity index (χ2n) is 7.64. The maximum Gasteiger partial charge on any atom is 0.158 e. The molecule has 2 aromatic carbocycles. The van der Waals surface area contributed by atoms with Gasteiger partial charge >= 0.3 is 0 Å². The number of piperidine rings is 1. The van der Waals surface area contributed by atoms with Crippen LogP contribution in [0.5, 0.6) is 0 Å². The van der Waals surface area contributed by atoms with Gasteiger partial charge in [0.2, 0.25) is 0 Å². The number of fused-ring (bicyclic) bond motifs is 1. The van der Waals surface area contributed by atoms with E-state index in [1.54, 1.807) is 0 Å². The average molecular weight is 347 g/mol. The van der Waals surface area contributed by atoms with Crippen molar-refractivity contribution in [1.82, 2.24) is 10.2 Å². The molecule has 26 heavy (non-hydrogen) atoms. The molecule has 2 N–H and O–H groups in total. The highest BCUT2D eigenvalue weighted by molar-refractivity contribution is 5.27. The van der Waals surface area contributed by atoms with E-state index < -0.39 is 5.60 Å². The van der Waals surface area contributed by atoms with E-state index in [1.807, 2.05) is 12.1 Å². The summed E-state index contributed by atoms with van der Waals surface area (Å²) in [5.74, 6) is -0.0994. The Labute approximate surface area is 155 Å². The summed E-state index contributed by atoms with van der Waals surface area (Å²) in [4.78, 5) is 2.49. The molecule has 2 fully saturated rings. The van der Waals surface area contributed by atoms with Crippen LogP contribution in [-0.2, 0) is 13.0 Å². The normalized spacial score (nSPS) is 31.3. The van der Waals surface area contributed by atoms with Gasteiger partial charge < -0.3 is 10.4 Å². The van der Waals surface area contributed by atoms with Gasteiger partial charge in [0.25, 0.3) is 0 Å². The second-order valence-corrected chi connectivity index (χ2v) is 7.64. The van der Waals surface area contributed by atoms with E-state index in [-0.39, 0.29) is 11.5 Å². The molecule has 0 aliphatic carbocycles. The van der Waals surface area contributed by atoms with Gasteiger partial charge in [-0.05, 0) is 17.5 Å². The third-order valence-corrected chi connectivity index (χ3v) is 6.16. The summed E-state index contributed by atoms with van der Waals surface area (Å²) in [5, 5.41) is 24.2. The lowest BCUT2D eigenvalue weighted by atomic mass is 9.67. The largest absolute Gasteiger partial charge is 0.375 e. The van der Waals surface area contributed by atoms with E-state index in [9.17, 15) is 10.4 Å². The van der Waals surface area contributed by atoms with Crippen LogP contribution >= 0.6 is 0 Å². The molecular weight excluding hydrogens is 322 g/mol. The molecular formula is C22H25N3O. The molecule has 0 aromatic heterocycles. The highest BCUT2D eigenvalue weighted by Crippen LogP contribution is 2.45. The zero-order valence-corrected chi connectivity index (χ0v) is 14.9. The monoisotopic (exact) mass is 347 g/mol. The number of rotatable bonds is 4. The summed E-state index contributed by atoms with van der Waals surface area (Å²) in [6.45, 7) is 3.04. The highest BCUT2D eigenvalue weighted by Gasteiger charge is 2.59. The van der Waals surface area contributed by atoms with Crippen LogP contribution in [0, 0.1) is 17.2 Å². The van der Waals surface area contributed by atoms with Crippen LogP contribution in [0.2, 0.25) is 0 Å². The molecule has 0 saturated carbocycles. The highest BCUT2D eigenvalue weighted by atomic mass is 16.3. The molecule has 3 unspecified atom stereocenters. The Morgan fingerprint density at radius 1 is 1.08 bits per heavy atom. The van der Waals surface area contributed by atoms with Gasteiger partial charge in [-0.25, -0.2) is 0 Å². The fourth-order valence-corrected chi connectivity index (χ4v) is 4.81. The van der Waals surface area contributed by atoms with E-state index >= 15 is 0 Å². The first-order valence-corrected chi connectivity index (χ1v) is 9.34. The molecule has 4 rings (SSSR count). The number of benzene rings is 2. The maximum absolute atomic E-state index is 11.0. The van der Waals surface area contributed by atoms with Crippen molar-refractivity contribution in [3.05, 3.63) is 71.8 Å². The van der Waals surface area contributed by atoms with Gasteiger partial charge in [0.05, 0.1) is 6.07 Å². The van der Waals surface area contributed by atoms with Crippen molar-refractivity contribution in [3.63, 3.8) is 0 Å². The van der Waals surface area contributed by atoms with Crippen LogP contribution in [0.15, 0.2) is 60.7 Å². The molecule has 4 nitrogen and oxygen atoms in total. The maximum atomic E-state index is 11.0. The van der Waals surface area contributed by atoms with Gasteiger partial charge in [-0.2, -0.15) is 5.26 Å². The average Bonchev–Trinajstić information content (AvgIpc) is 3.12. The molecule has 0 spiro atoms. The minimum Gasteiger partial charge on any atom is -0.375 e. The number of nitriles is 1. The van der Waals surface area contributed by atoms with Gasteiger partial charge in [-0.1, -0.05) is 60.7 Å². The molecule has 2 saturated heterocycles. The van der Waals surface area contributed by atoms with Crippen LogP contribution in [-0.4, -0.2) is 40.8 Å². The number of aliphatic hydroxyl groups is 1. The molecule has 0 amide bonds. The summed E-state index contributed by atoms with van der Waals surface area (Å²) in [6.07, 6.45) is 1.33. The number of hydrogen-bond acceptors (Lipinski definition) is 4. The van der Waals surface area contributed by atoms with E-state index in [2.05, 4.69) is 64.8 Å². The molecule has 3 atom stereocenters. The zero-order valence-electron chi connectivity index (χ0n) is 14.9. The second kappa shape index (κ2) is 6.85. The standard InChI is InChI=1S/C22H25N3O/c23-16-22(26)11-12-25(15-19-9-5-2-6-10-19)21(17-24-14-20(21)22)13-18-7-3-1-4-8-18/h1-10,20,24,26H,11-15,17H2. The van der Waals surface area contributed by atoms with Crippen LogP contribution in [0.4, 0.5) is 0 Å². The van der Waals surface area contributed by atoms with Crippen molar-refractivity contribution in [2.75, 3.05) is 19.6 Å². The zero-order chi connectivity index (χ0) is 18.0. The Bertz CT molecular complexity index is 788. The van der Waals surface area contributed by atoms with E-state index in [0.717, 1.165) is 26.1 Å². The third-order valence-electron chi connectivity index (χ3n) is 6.16. The van der Waals surface area contributed by atoms with Gasteiger partial charge in [-0.15, -0.1) is 0 Å². The smallest absolute Gasteiger partial charge is 0.158 e. The van der Waals surface area contributed by atoms with Gasteiger partial charge in [0.15, 0.2) is 5.60 Å². The number of hydrogen-bond donors (Lipinski definition) is 2. The van der Waals surface area contributed by atoms with Gasteiger partial charge in [-0.3, -0.25) is 4.90 Å². The molecule has 0 bridgehead atoms. The fraction of sp³-hybridized carbons (Fsp3) is 0.409. The van der Waals surface area contributed by atoms with E-state index in [1.165, 1.54) is 11.1 Å². The quantitative estimate of drug-likeness (QED) is 0.834. The lowest BCUT2D eigenvalue weighted by molar-refractivity contribution is -0.0947. The van der Waals surface area contributed by atoms with Gasteiger partial charge in [0, 0.05) is 44.1 Å². The first kappa shape index (κ1) is 17.2. The first-order chi connectivity index (χ1) is 12.7. The lowest BCUT2D eigenvalue weighted by Crippen LogP contribution is -2.66. The van der Waals surface area contributed by atoms with Crippen molar-refractivity contribution < 1.29 is 5.11 Å². The summed E-state index contributed by atoms with van der Waals surface area (Å²) in [7, 11) is 0. The SMILES string of the molecule is N#CC1(O)CCN(Cc2ccccc2)C2(Cc3ccccc3)CNCC12. The van der Waals surface area contributed by atoms with Crippen LogP contribution in [0.3, 0.4) is 0 Å². The molecule has 2 aliphatic heterocycles. The molecule has 2 aliphatic rings. The third kappa shape index (κ3) is 2.93. The number of nitrogens with zero attached hydrogens (tertiary/aromatic N) is 2. The predicted molar refractivity (Wildman–Crippen MR) is 101 cm³/mol. The summed E-state index contributed by atoms with van der Waals surface area (Å²) < 4.78 is 0. The molecule has 134 valence electrons. The molecule has 2 heterocycles. The first-order valence-electron chi connectivity index (χ1n) is 9.34. The van der Waals surface area contributed by atoms with Crippen LogP contribution < -0.4 is 5.32 Å². The number of nitrogens with one attached hydrogen (secondary N) is 1. The Kier molecular flexibility index (Phi) is 4.54. The van der Waals surface area contributed by atoms with E-state index in [0.29, 0.717) is 13.0 Å². The van der Waals surface area contributed by atoms with Crippen molar-refractivity contribution in [2.24, 2.45) is 5.92 Å². The Morgan fingerprint density at radius 3 is 2.38 bits per heavy atom. The Morgan fingerprint density at radius 2 is 1.73 bits per heavy atom. The predicted octanol–water partition coefficient (Wildman–Crippen LogP) is 2.35. The molecule has 0 radical (unpaired) electrons. The Balaban J connectivity index is 1.72. The van der Waals surface area contributed by atoms with Crippen LogP contribution in [0.1, 0.15) is 17.5 Å². The van der Waals surface area contributed by atoms with E-state index in [4.69, 9.17) is 0 Å². The minimum absolute atomic E-state index is 0.0994. The van der Waals surface area contributed by atoms with Crippen molar-refractivity contribution in [3.8, 4) is 6.07 Å². The lowest BCUT2D eigenvalue weighted by Gasteiger charge is -2.53. The van der Waals surface area contributed by atoms with Crippen molar-refractivity contribution in [1.29, 1.82) is 5.26 Å². The Hall–Kier alpha value is -2.19. The number of likely N-dealkylation sites (tertiary alicyclic amines) is 1.